The molecule has 1 aromatic heterocycles. The zero-order valence-corrected chi connectivity index (χ0v) is 10.0. The molecule has 0 amide bonds. The molecular formula is C10H18N2OS. The summed E-state index contributed by atoms with van der Waals surface area (Å²) >= 11 is 1.63. The normalized spacial score (nSPS) is 14.4. The van der Waals surface area contributed by atoms with Gasteiger partial charge in [-0.05, 0) is 20.8 Å². The number of nitrogens with two attached hydrogens (primary N) is 1. The van der Waals surface area contributed by atoms with E-state index in [4.69, 9.17) is 10.5 Å². The molecule has 80 valence electrons. The van der Waals surface area contributed by atoms with Crippen molar-refractivity contribution in [3.05, 3.63) is 16.1 Å². The number of hydrogen-bond donors (Lipinski definition) is 1. The number of methoxy groups -OCH3 is 1. The Balaban J connectivity index is 2.77. The first-order valence-electron chi connectivity index (χ1n) is 4.71. The molecule has 0 fully saturated rings. The monoisotopic (exact) mass is 214 g/mol. The molecule has 14 heavy (non-hydrogen) atoms. The van der Waals surface area contributed by atoms with Gasteiger partial charge in [0.2, 0.25) is 0 Å². The van der Waals surface area contributed by atoms with E-state index in [1.54, 1.807) is 18.4 Å². The summed E-state index contributed by atoms with van der Waals surface area (Å²) in [6, 6.07) is 0.163. The summed E-state index contributed by atoms with van der Waals surface area (Å²) in [6.07, 6.45) is 0.830. The molecule has 0 saturated heterocycles. The molecule has 4 heteroatoms. The van der Waals surface area contributed by atoms with Crippen molar-refractivity contribution < 1.29 is 4.74 Å². The number of nitrogens with zero attached hydrogens (tertiary/aromatic N) is 1. The van der Waals surface area contributed by atoms with Gasteiger partial charge < -0.3 is 10.5 Å². The first-order chi connectivity index (χ1) is 6.45. The molecule has 0 radical (unpaired) electrons. The molecule has 0 spiro atoms. The predicted octanol–water partition coefficient (Wildman–Crippen LogP) is 1.91. The Morgan fingerprint density at radius 1 is 1.64 bits per heavy atom. The largest absolute Gasteiger partial charge is 0.372 e. The quantitative estimate of drug-likeness (QED) is 0.833. The highest BCUT2D eigenvalue weighted by molar-refractivity contribution is 7.09. The minimum atomic E-state index is -0.291. The summed E-state index contributed by atoms with van der Waals surface area (Å²) in [4.78, 5) is 4.51. The second-order valence-corrected chi connectivity index (χ2v) is 4.90. The number of thiazole rings is 1. The molecule has 1 heterocycles. The maximum Gasteiger partial charge on any atom is 0.124 e. The van der Waals surface area contributed by atoms with E-state index in [1.807, 2.05) is 20.8 Å². The van der Waals surface area contributed by atoms with Crippen LogP contribution >= 0.6 is 11.3 Å². The maximum atomic E-state index is 5.71. The average Bonchev–Trinajstić information content (AvgIpc) is 2.52. The van der Waals surface area contributed by atoms with Gasteiger partial charge in [0.25, 0.3) is 0 Å². The van der Waals surface area contributed by atoms with Gasteiger partial charge in [-0.15, -0.1) is 11.3 Å². The Morgan fingerprint density at radius 3 is 2.79 bits per heavy atom. The van der Waals surface area contributed by atoms with E-state index in [-0.39, 0.29) is 11.6 Å². The van der Waals surface area contributed by atoms with Crippen LogP contribution in [0.25, 0.3) is 0 Å². The Hall–Kier alpha value is -0.450. The third-order valence-electron chi connectivity index (χ3n) is 2.11. The summed E-state index contributed by atoms with van der Waals surface area (Å²) in [6.45, 7) is 6.02. The molecule has 2 N–H and O–H groups in total. The van der Waals surface area contributed by atoms with Crippen LogP contribution in [0.3, 0.4) is 0 Å². The molecule has 0 saturated carbocycles. The Morgan fingerprint density at radius 2 is 2.29 bits per heavy atom. The third kappa shape index (κ3) is 2.77. The first-order valence-corrected chi connectivity index (χ1v) is 5.59. The summed E-state index contributed by atoms with van der Waals surface area (Å²) in [7, 11) is 1.70. The molecule has 3 nitrogen and oxygen atoms in total. The number of hydrogen-bond acceptors (Lipinski definition) is 4. The van der Waals surface area contributed by atoms with Crippen LogP contribution in [-0.2, 0) is 16.8 Å². The lowest BCUT2D eigenvalue weighted by molar-refractivity contribution is 0.0189. The lowest BCUT2D eigenvalue weighted by Gasteiger charge is -2.19. The molecule has 0 aromatic carbocycles. The summed E-state index contributed by atoms with van der Waals surface area (Å²) in [5.74, 6) is 0. The van der Waals surface area contributed by atoms with Gasteiger partial charge in [-0.2, -0.15) is 0 Å². The SMILES string of the molecule is COC(C)(C)c1nc(CC(C)N)cs1. The topological polar surface area (TPSA) is 48.1 Å². The van der Waals surface area contributed by atoms with Crippen LogP contribution in [-0.4, -0.2) is 18.1 Å². The molecule has 0 aliphatic heterocycles. The van der Waals surface area contributed by atoms with E-state index < -0.39 is 0 Å². The van der Waals surface area contributed by atoms with Gasteiger partial charge in [-0.25, -0.2) is 4.98 Å². The second-order valence-electron chi connectivity index (χ2n) is 4.04. The minimum Gasteiger partial charge on any atom is -0.372 e. The second kappa shape index (κ2) is 4.38. The zero-order chi connectivity index (χ0) is 10.8. The van der Waals surface area contributed by atoms with Gasteiger partial charge in [-0.1, -0.05) is 0 Å². The number of aromatic nitrogens is 1. The number of rotatable bonds is 4. The van der Waals surface area contributed by atoms with Gasteiger partial charge in [0.15, 0.2) is 0 Å². The lowest BCUT2D eigenvalue weighted by Crippen LogP contribution is -2.20. The van der Waals surface area contributed by atoms with Crippen LogP contribution in [0.2, 0.25) is 0 Å². The van der Waals surface area contributed by atoms with Crippen molar-refractivity contribution >= 4 is 11.3 Å². The van der Waals surface area contributed by atoms with E-state index in [9.17, 15) is 0 Å². The highest BCUT2D eigenvalue weighted by Crippen LogP contribution is 2.27. The minimum absolute atomic E-state index is 0.163. The molecule has 0 bridgehead atoms. The van der Waals surface area contributed by atoms with E-state index in [1.165, 1.54) is 0 Å². The van der Waals surface area contributed by atoms with Crippen molar-refractivity contribution in [3.63, 3.8) is 0 Å². The molecule has 0 aliphatic carbocycles. The predicted molar refractivity (Wildman–Crippen MR) is 59.5 cm³/mol. The molecular weight excluding hydrogens is 196 g/mol. The standard InChI is InChI=1S/C10H18N2OS/c1-7(11)5-8-6-14-9(12-8)10(2,3)13-4/h6-7H,5,11H2,1-4H3. The molecule has 0 aliphatic rings. The van der Waals surface area contributed by atoms with Crippen molar-refractivity contribution in [1.82, 2.24) is 4.98 Å². The van der Waals surface area contributed by atoms with E-state index in [2.05, 4.69) is 10.4 Å². The Labute approximate surface area is 89.3 Å². The van der Waals surface area contributed by atoms with Crippen molar-refractivity contribution in [2.24, 2.45) is 5.73 Å². The Kier molecular flexibility index (Phi) is 3.64. The van der Waals surface area contributed by atoms with E-state index in [0.717, 1.165) is 17.1 Å². The van der Waals surface area contributed by atoms with Gasteiger partial charge >= 0.3 is 0 Å². The summed E-state index contributed by atoms with van der Waals surface area (Å²) < 4.78 is 5.36. The van der Waals surface area contributed by atoms with Crippen LogP contribution in [0.4, 0.5) is 0 Å². The summed E-state index contributed by atoms with van der Waals surface area (Å²) in [5, 5.41) is 3.06. The highest BCUT2D eigenvalue weighted by atomic mass is 32.1. The highest BCUT2D eigenvalue weighted by Gasteiger charge is 2.23. The van der Waals surface area contributed by atoms with Crippen molar-refractivity contribution in [1.29, 1.82) is 0 Å². The van der Waals surface area contributed by atoms with Crippen molar-refractivity contribution in [2.75, 3.05) is 7.11 Å². The van der Waals surface area contributed by atoms with Crippen LogP contribution in [0.5, 0.6) is 0 Å². The lowest BCUT2D eigenvalue weighted by atomic mass is 10.1. The molecule has 1 rings (SSSR count). The molecule has 1 atom stereocenters. The van der Waals surface area contributed by atoms with E-state index in [0.29, 0.717) is 0 Å². The number of ether oxygens (including phenoxy) is 1. The van der Waals surface area contributed by atoms with Gasteiger partial charge in [0.05, 0.1) is 5.69 Å². The molecule has 1 unspecified atom stereocenters. The maximum absolute atomic E-state index is 5.71. The third-order valence-corrected chi connectivity index (χ3v) is 3.30. The van der Waals surface area contributed by atoms with Gasteiger partial charge in [-0.3, -0.25) is 0 Å². The fourth-order valence-electron chi connectivity index (χ4n) is 1.09. The van der Waals surface area contributed by atoms with Crippen LogP contribution in [0.1, 0.15) is 31.5 Å². The van der Waals surface area contributed by atoms with Crippen molar-refractivity contribution in [2.45, 2.75) is 38.8 Å². The Bertz CT molecular complexity index is 294. The van der Waals surface area contributed by atoms with Crippen LogP contribution < -0.4 is 5.73 Å². The van der Waals surface area contributed by atoms with Crippen LogP contribution in [0, 0.1) is 0 Å². The zero-order valence-electron chi connectivity index (χ0n) is 9.20. The fourth-order valence-corrected chi connectivity index (χ4v) is 2.03. The summed E-state index contributed by atoms with van der Waals surface area (Å²) in [5.41, 5.74) is 6.48. The van der Waals surface area contributed by atoms with Gasteiger partial charge in [0.1, 0.15) is 10.6 Å². The van der Waals surface area contributed by atoms with Gasteiger partial charge in [0, 0.05) is 25.0 Å². The average molecular weight is 214 g/mol. The van der Waals surface area contributed by atoms with E-state index >= 15 is 0 Å². The van der Waals surface area contributed by atoms with Crippen LogP contribution in [0.15, 0.2) is 5.38 Å². The van der Waals surface area contributed by atoms with Crippen molar-refractivity contribution in [3.8, 4) is 0 Å². The molecule has 1 aromatic rings. The smallest absolute Gasteiger partial charge is 0.124 e. The first kappa shape index (κ1) is 11.6. The fraction of sp³-hybridized carbons (Fsp3) is 0.700.